The lowest BCUT2D eigenvalue weighted by Gasteiger charge is -2.40. The van der Waals surface area contributed by atoms with Gasteiger partial charge in [0.05, 0.1) is 5.41 Å². The van der Waals surface area contributed by atoms with Gasteiger partial charge in [0, 0.05) is 0 Å². The maximum absolute atomic E-state index is 12.0. The van der Waals surface area contributed by atoms with Crippen molar-refractivity contribution in [1.29, 1.82) is 0 Å². The number of halogens is 3. The van der Waals surface area contributed by atoms with Crippen molar-refractivity contribution < 1.29 is 22.8 Å². The molecule has 0 aliphatic heterocycles. The van der Waals surface area contributed by atoms with Crippen LogP contribution in [0.1, 0.15) is 24.8 Å². The number of nitrogens with one attached hydrogen (secondary N) is 1. The van der Waals surface area contributed by atoms with E-state index in [9.17, 15) is 18.0 Å². The standard InChI is InChI=1S/C13H14F3NO2/c14-13(15,16)9-19-17-11(18)12(7-4-8-12)10-5-2-1-3-6-10/h1-3,5-6H,4,7-9H2,(H,17,18). The van der Waals surface area contributed by atoms with Crippen LogP contribution in [0.15, 0.2) is 30.3 Å². The lowest BCUT2D eigenvalue weighted by Crippen LogP contribution is -2.49. The molecule has 0 spiro atoms. The first-order chi connectivity index (χ1) is 8.94. The Bertz CT molecular complexity index is 441. The molecule has 1 saturated carbocycles. The third kappa shape index (κ3) is 3.07. The predicted octanol–water partition coefficient (Wildman–Crippen LogP) is 2.72. The predicted molar refractivity (Wildman–Crippen MR) is 62.1 cm³/mol. The summed E-state index contributed by atoms with van der Waals surface area (Å²) in [6, 6.07) is 9.05. The minimum atomic E-state index is -4.45. The van der Waals surface area contributed by atoms with E-state index in [0.29, 0.717) is 12.8 Å². The van der Waals surface area contributed by atoms with E-state index in [1.165, 1.54) is 0 Å². The summed E-state index contributed by atoms with van der Waals surface area (Å²) in [6.07, 6.45) is -2.33. The molecule has 1 N–H and O–H groups in total. The van der Waals surface area contributed by atoms with Gasteiger partial charge in [-0.2, -0.15) is 13.2 Å². The molecule has 1 aliphatic rings. The van der Waals surface area contributed by atoms with E-state index >= 15 is 0 Å². The number of hydrogen-bond donors (Lipinski definition) is 1. The highest BCUT2D eigenvalue weighted by atomic mass is 19.4. The molecule has 104 valence electrons. The topological polar surface area (TPSA) is 38.3 Å². The van der Waals surface area contributed by atoms with E-state index in [-0.39, 0.29) is 0 Å². The number of benzene rings is 1. The smallest absolute Gasteiger partial charge is 0.272 e. The van der Waals surface area contributed by atoms with Crippen LogP contribution in [0.25, 0.3) is 0 Å². The lowest BCUT2D eigenvalue weighted by molar-refractivity contribution is -0.194. The van der Waals surface area contributed by atoms with E-state index in [1.54, 1.807) is 12.1 Å². The Balaban J connectivity index is 2.00. The van der Waals surface area contributed by atoms with Gasteiger partial charge < -0.3 is 0 Å². The summed E-state index contributed by atoms with van der Waals surface area (Å²) in [6.45, 7) is -1.48. The fourth-order valence-electron chi connectivity index (χ4n) is 2.22. The van der Waals surface area contributed by atoms with Crippen LogP contribution >= 0.6 is 0 Å². The van der Waals surface area contributed by atoms with E-state index in [0.717, 1.165) is 12.0 Å². The van der Waals surface area contributed by atoms with E-state index in [2.05, 4.69) is 4.84 Å². The molecule has 0 unspecified atom stereocenters. The number of carbonyl (C=O) groups excluding carboxylic acids is 1. The van der Waals surface area contributed by atoms with Gasteiger partial charge in [-0.3, -0.25) is 9.63 Å². The zero-order valence-electron chi connectivity index (χ0n) is 10.2. The minimum absolute atomic E-state index is 0.505. The first kappa shape index (κ1) is 13.9. The van der Waals surface area contributed by atoms with Crippen LogP contribution < -0.4 is 5.48 Å². The molecular formula is C13H14F3NO2. The molecule has 0 radical (unpaired) electrons. The highest BCUT2D eigenvalue weighted by Gasteiger charge is 2.46. The maximum atomic E-state index is 12.0. The van der Waals surface area contributed by atoms with Gasteiger partial charge in [0.2, 0.25) is 0 Å². The number of rotatable bonds is 4. The Hall–Kier alpha value is -1.56. The lowest BCUT2D eigenvalue weighted by atomic mass is 9.64. The highest BCUT2D eigenvalue weighted by molar-refractivity contribution is 5.88. The SMILES string of the molecule is O=C(NOCC(F)(F)F)C1(c2ccccc2)CCC1. The molecule has 6 heteroatoms. The van der Waals surface area contributed by atoms with Crippen LogP contribution in [-0.2, 0) is 15.0 Å². The van der Waals surface area contributed by atoms with Gasteiger partial charge in [-0.05, 0) is 18.4 Å². The Labute approximate surface area is 108 Å². The molecule has 1 aromatic rings. The van der Waals surface area contributed by atoms with Crippen molar-refractivity contribution in [2.45, 2.75) is 30.9 Å². The van der Waals surface area contributed by atoms with Crippen molar-refractivity contribution in [1.82, 2.24) is 5.48 Å². The van der Waals surface area contributed by atoms with Crippen molar-refractivity contribution in [3.63, 3.8) is 0 Å². The average molecular weight is 273 g/mol. The summed E-state index contributed by atoms with van der Waals surface area (Å²) in [5.41, 5.74) is 1.99. The van der Waals surface area contributed by atoms with E-state index in [4.69, 9.17) is 0 Å². The average Bonchev–Trinajstić information content (AvgIpc) is 2.27. The van der Waals surface area contributed by atoms with Crippen molar-refractivity contribution in [2.75, 3.05) is 6.61 Å². The van der Waals surface area contributed by atoms with Gasteiger partial charge in [-0.25, -0.2) is 5.48 Å². The van der Waals surface area contributed by atoms with Gasteiger partial charge in [0.1, 0.15) is 0 Å². The molecule has 1 aliphatic carbocycles. The minimum Gasteiger partial charge on any atom is -0.272 e. The largest absolute Gasteiger partial charge is 0.414 e. The van der Waals surface area contributed by atoms with Crippen molar-refractivity contribution in [2.24, 2.45) is 0 Å². The third-order valence-corrected chi connectivity index (χ3v) is 3.37. The van der Waals surface area contributed by atoms with Crippen LogP contribution in [0.5, 0.6) is 0 Å². The zero-order valence-corrected chi connectivity index (χ0v) is 10.2. The normalized spacial score (nSPS) is 17.6. The van der Waals surface area contributed by atoms with E-state index in [1.807, 2.05) is 23.7 Å². The second-order valence-electron chi connectivity index (χ2n) is 4.64. The first-order valence-corrected chi connectivity index (χ1v) is 5.99. The molecule has 0 bridgehead atoms. The van der Waals surface area contributed by atoms with Crippen LogP contribution in [0.4, 0.5) is 13.2 Å². The van der Waals surface area contributed by atoms with Gasteiger partial charge in [-0.1, -0.05) is 36.8 Å². The second-order valence-corrected chi connectivity index (χ2v) is 4.64. The molecule has 1 fully saturated rings. The number of amides is 1. The summed E-state index contributed by atoms with van der Waals surface area (Å²) in [7, 11) is 0. The van der Waals surface area contributed by atoms with Crippen LogP contribution in [-0.4, -0.2) is 18.7 Å². The molecule has 2 rings (SSSR count). The molecule has 3 nitrogen and oxygen atoms in total. The highest BCUT2D eigenvalue weighted by Crippen LogP contribution is 2.43. The van der Waals surface area contributed by atoms with Gasteiger partial charge in [-0.15, -0.1) is 0 Å². The van der Waals surface area contributed by atoms with Crippen LogP contribution in [0.2, 0.25) is 0 Å². The molecule has 0 saturated heterocycles. The van der Waals surface area contributed by atoms with E-state index < -0.39 is 24.1 Å². The fraction of sp³-hybridized carbons (Fsp3) is 0.462. The van der Waals surface area contributed by atoms with Crippen LogP contribution in [0.3, 0.4) is 0 Å². The van der Waals surface area contributed by atoms with Crippen molar-refractivity contribution >= 4 is 5.91 Å². The van der Waals surface area contributed by atoms with Gasteiger partial charge in [0.15, 0.2) is 6.61 Å². The number of carbonyl (C=O) groups is 1. The van der Waals surface area contributed by atoms with Crippen molar-refractivity contribution in [3.05, 3.63) is 35.9 Å². The van der Waals surface area contributed by atoms with Gasteiger partial charge in [0.25, 0.3) is 5.91 Å². The Morgan fingerprint density at radius 1 is 1.26 bits per heavy atom. The Morgan fingerprint density at radius 2 is 1.89 bits per heavy atom. The molecule has 0 atom stereocenters. The Kier molecular flexibility index (Phi) is 3.80. The summed E-state index contributed by atoms with van der Waals surface area (Å²) in [5.74, 6) is -0.505. The maximum Gasteiger partial charge on any atom is 0.414 e. The monoisotopic (exact) mass is 273 g/mol. The first-order valence-electron chi connectivity index (χ1n) is 5.99. The van der Waals surface area contributed by atoms with Crippen molar-refractivity contribution in [3.8, 4) is 0 Å². The summed E-state index contributed by atoms with van der Waals surface area (Å²) >= 11 is 0. The molecule has 1 aromatic carbocycles. The Morgan fingerprint density at radius 3 is 2.37 bits per heavy atom. The summed E-state index contributed by atoms with van der Waals surface area (Å²) < 4.78 is 35.8. The number of hydrogen-bond acceptors (Lipinski definition) is 2. The number of alkyl halides is 3. The second kappa shape index (κ2) is 5.21. The summed E-state index contributed by atoms with van der Waals surface area (Å²) in [5, 5.41) is 0. The molecule has 0 aromatic heterocycles. The van der Waals surface area contributed by atoms with Crippen LogP contribution in [0, 0.1) is 0 Å². The summed E-state index contributed by atoms with van der Waals surface area (Å²) in [4.78, 5) is 16.3. The number of hydroxylamine groups is 1. The molecule has 1 amide bonds. The molecule has 0 heterocycles. The fourth-order valence-corrected chi connectivity index (χ4v) is 2.22. The molecular weight excluding hydrogens is 259 g/mol. The quantitative estimate of drug-likeness (QED) is 0.857. The molecule has 19 heavy (non-hydrogen) atoms. The zero-order chi connectivity index (χ0) is 13.9. The van der Waals surface area contributed by atoms with Gasteiger partial charge >= 0.3 is 6.18 Å². The third-order valence-electron chi connectivity index (χ3n) is 3.37.